The van der Waals surface area contributed by atoms with Crippen LogP contribution in [-0.2, 0) is 4.79 Å². The van der Waals surface area contributed by atoms with Crippen LogP contribution in [0.25, 0.3) is 10.9 Å². The zero-order valence-corrected chi connectivity index (χ0v) is 25.3. The number of hydrogen-bond acceptors (Lipinski definition) is 6. The van der Waals surface area contributed by atoms with Crippen LogP contribution in [0.3, 0.4) is 0 Å². The average molecular weight is 677 g/mol. The highest BCUT2D eigenvalue weighted by Crippen LogP contribution is 2.42. The monoisotopic (exact) mass is 674 g/mol. The van der Waals surface area contributed by atoms with Crippen LogP contribution in [0.5, 0.6) is 11.5 Å². The van der Waals surface area contributed by atoms with Crippen LogP contribution in [0.1, 0.15) is 37.6 Å². The van der Waals surface area contributed by atoms with Crippen molar-refractivity contribution in [2.75, 3.05) is 19.0 Å². The van der Waals surface area contributed by atoms with Gasteiger partial charge in [-0.25, -0.2) is 4.98 Å². The SMILES string of the molecule is CC[C@@H](C)c1nc2ccc(Br)cc2c(=O)n1N=Cc1cc(OC)c(OCC(=O)Nc2ccccc2)c(Cl)c1Br. The first-order chi connectivity index (χ1) is 18.7. The minimum atomic E-state index is -0.353. The molecule has 39 heavy (non-hydrogen) atoms. The van der Waals surface area contributed by atoms with Gasteiger partial charge in [-0.2, -0.15) is 9.78 Å². The molecular formula is C28H25Br2ClN4O4. The third-order valence-corrected chi connectivity index (χ3v) is 7.92. The van der Waals surface area contributed by atoms with Crippen molar-refractivity contribution in [2.45, 2.75) is 26.2 Å². The number of halogens is 3. The van der Waals surface area contributed by atoms with Gasteiger partial charge in [0.1, 0.15) is 10.8 Å². The topological polar surface area (TPSA) is 94.8 Å². The minimum absolute atomic E-state index is 0.0118. The molecule has 8 nitrogen and oxygen atoms in total. The third kappa shape index (κ3) is 6.51. The number of fused-ring (bicyclic) bond motifs is 1. The van der Waals surface area contributed by atoms with Crippen molar-refractivity contribution in [3.8, 4) is 11.5 Å². The highest BCUT2D eigenvalue weighted by molar-refractivity contribution is 9.10. The van der Waals surface area contributed by atoms with Gasteiger partial charge in [0.25, 0.3) is 11.5 Å². The second kappa shape index (κ2) is 12.8. The Hall–Kier alpha value is -3.21. The van der Waals surface area contributed by atoms with Crippen molar-refractivity contribution in [3.63, 3.8) is 0 Å². The number of methoxy groups -OCH3 is 1. The van der Waals surface area contributed by atoms with Crippen LogP contribution in [0.4, 0.5) is 5.69 Å². The molecule has 1 heterocycles. The number of ether oxygens (including phenoxy) is 2. The lowest BCUT2D eigenvalue weighted by Gasteiger charge is -2.16. The predicted octanol–water partition coefficient (Wildman–Crippen LogP) is 7.00. The number of nitrogens with one attached hydrogen (secondary N) is 1. The van der Waals surface area contributed by atoms with Crippen molar-refractivity contribution < 1.29 is 14.3 Å². The third-order valence-electron chi connectivity index (χ3n) is 5.98. The molecule has 202 valence electrons. The van der Waals surface area contributed by atoms with E-state index in [1.165, 1.54) is 18.0 Å². The molecule has 0 aliphatic carbocycles. The summed E-state index contributed by atoms with van der Waals surface area (Å²) in [6.45, 7) is 3.74. The van der Waals surface area contributed by atoms with Gasteiger partial charge in [-0.3, -0.25) is 9.59 Å². The number of amides is 1. The number of rotatable bonds is 9. The zero-order valence-electron chi connectivity index (χ0n) is 21.4. The molecule has 0 unspecified atom stereocenters. The molecular weight excluding hydrogens is 652 g/mol. The second-order valence-electron chi connectivity index (χ2n) is 8.63. The smallest absolute Gasteiger partial charge is 0.282 e. The molecule has 11 heteroatoms. The Morgan fingerprint density at radius 2 is 1.95 bits per heavy atom. The first-order valence-corrected chi connectivity index (χ1v) is 14.0. The van der Waals surface area contributed by atoms with Crippen LogP contribution in [0.15, 0.2) is 73.4 Å². The number of benzene rings is 3. The Morgan fingerprint density at radius 1 is 1.21 bits per heavy atom. The molecule has 1 aromatic heterocycles. The Balaban J connectivity index is 1.67. The summed E-state index contributed by atoms with van der Waals surface area (Å²) in [4.78, 5) is 30.5. The highest BCUT2D eigenvalue weighted by Gasteiger charge is 2.19. The molecule has 0 aliphatic rings. The summed E-state index contributed by atoms with van der Waals surface area (Å²) in [5, 5.41) is 7.90. The first kappa shape index (κ1) is 28.8. The molecule has 0 bridgehead atoms. The molecule has 3 aromatic carbocycles. The van der Waals surface area contributed by atoms with Crippen LogP contribution < -0.4 is 20.3 Å². The maximum atomic E-state index is 13.4. The van der Waals surface area contributed by atoms with Crippen LogP contribution in [-0.4, -0.2) is 35.5 Å². The lowest BCUT2D eigenvalue weighted by molar-refractivity contribution is -0.118. The molecule has 4 rings (SSSR count). The van der Waals surface area contributed by atoms with E-state index in [9.17, 15) is 9.59 Å². The number of anilines is 1. The summed E-state index contributed by atoms with van der Waals surface area (Å²) in [6, 6.07) is 16.1. The van der Waals surface area contributed by atoms with E-state index in [2.05, 4.69) is 42.3 Å². The molecule has 1 atom stereocenters. The number of hydrogen-bond donors (Lipinski definition) is 1. The van der Waals surface area contributed by atoms with Crippen LogP contribution in [0.2, 0.25) is 5.02 Å². The van der Waals surface area contributed by atoms with Gasteiger partial charge in [-0.1, -0.05) is 59.6 Å². The van der Waals surface area contributed by atoms with Gasteiger partial charge < -0.3 is 14.8 Å². The first-order valence-electron chi connectivity index (χ1n) is 12.0. The molecule has 0 saturated carbocycles. The summed E-state index contributed by atoms with van der Waals surface area (Å²) < 4.78 is 13.8. The van der Waals surface area contributed by atoms with E-state index >= 15 is 0 Å². The maximum Gasteiger partial charge on any atom is 0.282 e. The second-order valence-corrected chi connectivity index (χ2v) is 10.7. The summed E-state index contributed by atoms with van der Waals surface area (Å²) >= 11 is 13.5. The lowest BCUT2D eigenvalue weighted by Crippen LogP contribution is -2.23. The zero-order chi connectivity index (χ0) is 28.1. The van der Waals surface area contributed by atoms with Crippen molar-refractivity contribution in [3.05, 3.63) is 90.3 Å². The number of para-hydroxylation sites is 1. The van der Waals surface area contributed by atoms with Gasteiger partial charge >= 0.3 is 0 Å². The summed E-state index contributed by atoms with van der Waals surface area (Å²) in [5.74, 6) is 0.677. The van der Waals surface area contributed by atoms with Gasteiger partial charge in [0.15, 0.2) is 18.1 Å². The van der Waals surface area contributed by atoms with E-state index in [4.69, 9.17) is 26.1 Å². The van der Waals surface area contributed by atoms with E-state index in [0.29, 0.717) is 38.2 Å². The normalized spacial score (nSPS) is 12.1. The molecule has 4 aromatic rings. The largest absolute Gasteiger partial charge is 0.493 e. The average Bonchev–Trinajstić information content (AvgIpc) is 2.94. The lowest BCUT2D eigenvalue weighted by atomic mass is 10.1. The highest BCUT2D eigenvalue weighted by atomic mass is 79.9. The maximum absolute atomic E-state index is 13.4. The van der Waals surface area contributed by atoms with Crippen molar-refractivity contribution >= 4 is 72.2 Å². The molecule has 0 aliphatic heterocycles. The number of carbonyl (C=O) groups is 1. The van der Waals surface area contributed by atoms with Gasteiger partial charge in [0.2, 0.25) is 0 Å². The van der Waals surface area contributed by atoms with Gasteiger partial charge in [0.05, 0.1) is 24.2 Å². The summed E-state index contributed by atoms with van der Waals surface area (Å²) in [7, 11) is 1.47. The molecule has 0 fully saturated rings. The standard InChI is InChI=1S/C28H25Br2ClN4O4/c1-4-16(2)27-34-21-11-10-18(29)13-20(21)28(37)35(27)32-14-17-12-22(38-3)26(25(31)24(17)30)39-15-23(36)33-19-8-6-5-7-9-19/h5-14,16H,4,15H2,1-3H3,(H,33,36)/t16-/m1/s1. The Labute approximate surface area is 247 Å². The van der Waals surface area contributed by atoms with Crippen molar-refractivity contribution in [2.24, 2.45) is 5.10 Å². The van der Waals surface area contributed by atoms with E-state index in [0.717, 1.165) is 10.9 Å². The van der Waals surface area contributed by atoms with Crippen molar-refractivity contribution in [1.29, 1.82) is 0 Å². The van der Waals surface area contributed by atoms with E-state index in [1.807, 2.05) is 38.1 Å². The number of nitrogens with zero attached hydrogens (tertiary/aromatic N) is 3. The fourth-order valence-electron chi connectivity index (χ4n) is 3.74. The minimum Gasteiger partial charge on any atom is -0.493 e. The van der Waals surface area contributed by atoms with Gasteiger partial charge in [-0.15, -0.1) is 0 Å². The number of carbonyl (C=O) groups excluding carboxylic acids is 1. The van der Waals surface area contributed by atoms with Crippen LogP contribution >= 0.6 is 43.5 Å². The van der Waals surface area contributed by atoms with Gasteiger partial charge in [0, 0.05) is 26.1 Å². The summed E-state index contributed by atoms with van der Waals surface area (Å²) in [6.07, 6.45) is 2.28. The molecule has 1 amide bonds. The van der Waals surface area contributed by atoms with Crippen LogP contribution in [0, 0.1) is 0 Å². The molecule has 0 saturated heterocycles. The summed E-state index contributed by atoms with van der Waals surface area (Å²) in [5.41, 5.74) is 1.51. The fraction of sp³-hybridized carbons (Fsp3) is 0.214. The van der Waals surface area contributed by atoms with E-state index in [1.54, 1.807) is 30.3 Å². The number of aromatic nitrogens is 2. The van der Waals surface area contributed by atoms with E-state index in [-0.39, 0.29) is 34.8 Å². The quantitative estimate of drug-likeness (QED) is 0.193. The van der Waals surface area contributed by atoms with Crippen molar-refractivity contribution in [1.82, 2.24) is 9.66 Å². The fourth-order valence-corrected chi connectivity index (χ4v) is 4.75. The Morgan fingerprint density at radius 3 is 2.64 bits per heavy atom. The van der Waals surface area contributed by atoms with E-state index < -0.39 is 0 Å². The molecule has 0 spiro atoms. The Kier molecular flexibility index (Phi) is 9.42. The predicted molar refractivity (Wildman–Crippen MR) is 162 cm³/mol. The molecule has 0 radical (unpaired) electrons. The Bertz CT molecular complexity index is 1610. The van der Waals surface area contributed by atoms with Gasteiger partial charge in [-0.05, 0) is 58.7 Å². The molecule has 1 N–H and O–H groups in total.